The molecular weight excluding hydrogens is 308 g/mol. The van der Waals surface area contributed by atoms with E-state index in [9.17, 15) is 9.59 Å². The number of carbonyl (C=O) groups excluding carboxylic acids is 2. The van der Waals surface area contributed by atoms with Crippen LogP contribution in [0, 0.1) is 11.3 Å². The predicted octanol–water partition coefficient (Wildman–Crippen LogP) is 1.80. The minimum atomic E-state index is -0.365. The van der Waals surface area contributed by atoms with Gasteiger partial charge in [-0.25, -0.2) is 4.79 Å². The molecule has 1 aromatic carbocycles. The number of rotatable bonds is 4. The van der Waals surface area contributed by atoms with E-state index in [4.69, 9.17) is 9.47 Å². The lowest BCUT2D eigenvalue weighted by Crippen LogP contribution is -2.65. The molecule has 1 aromatic rings. The summed E-state index contributed by atoms with van der Waals surface area (Å²) in [6, 6.07) is 9.58. The van der Waals surface area contributed by atoms with Gasteiger partial charge < -0.3 is 19.7 Å². The van der Waals surface area contributed by atoms with Crippen molar-refractivity contribution in [2.24, 2.45) is 11.3 Å². The van der Waals surface area contributed by atoms with Crippen LogP contribution in [0.4, 0.5) is 4.79 Å². The molecule has 0 bridgehead atoms. The van der Waals surface area contributed by atoms with Crippen molar-refractivity contribution in [3.8, 4) is 0 Å². The number of ether oxygens (including phenoxy) is 2. The summed E-state index contributed by atoms with van der Waals surface area (Å²) in [5, 5.41) is 3.25. The second kappa shape index (κ2) is 7.21. The summed E-state index contributed by atoms with van der Waals surface area (Å²) in [6.45, 7) is 5.01. The van der Waals surface area contributed by atoms with Gasteiger partial charge in [-0.05, 0) is 18.9 Å². The van der Waals surface area contributed by atoms with Crippen LogP contribution < -0.4 is 5.32 Å². The zero-order valence-electron chi connectivity index (χ0n) is 14.0. The van der Waals surface area contributed by atoms with E-state index in [0.717, 1.165) is 25.1 Å². The first-order chi connectivity index (χ1) is 11.6. The standard InChI is InChI=1S/C18H24N2O4/c1-2-23-16(21)15-10-20(9-8-18(15)12-19-13-18)17(22)24-11-14-6-4-3-5-7-14/h3-7,15,19H,2,8-13H2,1H3. The normalized spacial score (nSPS) is 21.9. The van der Waals surface area contributed by atoms with Gasteiger partial charge in [0.05, 0.1) is 12.5 Å². The molecule has 6 nitrogen and oxygen atoms in total. The van der Waals surface area contributed by atoms with Crippen LogP contribution in [0.5, 0.6) is 0 Å². The fourth-order valence-electron chi connectivity index (χ4n) is 3.45. The topological polar surface area (TPSA) is 67.9 Å². The third kappa shape index (κ3) is 3.38. The molecule has 2 saturated heterocycles. The number of carbonyl (C=O) groups is 2. The van der Waals surface area contributed by atoms with Crippen molar-refractivity contribution in [1.29, 1.82) is 0 Å². The van der Waals surface area contributed by atoms with E-state index in [1.807, 2.05) is 30.3 Å². The molecule has 1 spiro atoms. The van der Waals surface area contributed by atoms with Gasteiger partial charge in [-0.3, -0.25) is 4.79 Å². The average molecular weight is 332 g/mol. The van der Waals surface area contributed by atoms with Crippen molar-refractivity contribution >= 4 is 12.1 Å². The highest BCUT2D eigenvalue weighted by atomic mass is 16.6. The van der Waals surface area contributed by atoms with Crippen LogP contribution in [0.25, 0.3) is 0 Å². The van der Waals surface area contributed by atoms with Crippen LogP contribution in [0.15, 0.2) is 30.3 Å². The molecule has 0 radical (unpaired) electrons. The van der Waals surface area contributed by atoms with Crippen LogP contribution in [-0.4, -0.2) is 49.7 Å². The number of hydrogen-bond donors (Lipinski definition) is 1. The highest BCUT2D eigenvalue weighted by Crippen LogP contribution is 2.40. The van der Waals surface area contributed by atoms with E-state index < -0.39 is 0 Å². The number of nitrogens with one attached hydrogen (secondary N) is 1. The average Bonchev–Trinajstić information content (AvgIpc) is 2.58. The first-order valence-corrected chi connectivity index (χ1v) is 8.47. The number of nitrogens with zero attached hydrogens (tertiary/aromatic N) is 1. The molecule has 2 aliphatic heterocycles. The molecule has 0 aromatic heterocycles. The van der Waals surface area contributed by atoms with Crippen LogP contribution >= 0.6 is 0 Å². The van der Waals surface area contributed by atoms with Crippen LogP contribution in [0.1, 0.15) is 18.9 Å². The second-order valence-electron chi connectivity index (χ2n) is 6.51. The van der Waals surface area contributed by atoms with E-state index in [1.54, 1.807) is 11.8 Å². The number of hydrogen-bond acceptors (Lipinski definition) is 5. The zero-order chi connectivity index (χ0) is 17.0. The molecule has 0 aliphatic carbocycles. The Labute approximate surface area is 142 Å². The van der Waals surface area contributed by atoms with Crippen molar-refractivity contribution < 1.29 is 19.1 Å². The summed E-state index contributed by atoms with van der Waals surface area (Å²) in [6.07, 6.45) is 0.430. The Kier molecular flexibility index (Phi) is 5.04. The van der Waals surface area contributed by atoms with Gasteiger partial charge in [-0.1, -0.05) is 30.3 Å². The summed E-state index contributed by atoms with van der Waals surface area (Å²) < 4.78 is 10.6. The maximum absolute atomic E-state index is 12.4. The highest BCUT2D eigenvalue weighted by molar-refractivity contribution is 5.76. The van der Waals surface area contributed by atoms with Crippen LogP contribution in [0.2, 0.25) is 0 Å². The Hall–Kier alpha value is -2.08. The molecular formula is C18H24N2O4. The lowest BCUT2D eigenvalue weighted by atomic mass is 9.66. The van der Waals surface area contributed by atoms with Gasteiger partial charge in [-0.2, -0.15) is 0 Å². The number of piperidine rings is 1. The summed E-state index contributed by atoms with van der Waals surface area (Å²) in [7, 11) is 0. The first-order valence-electron chi connectivity index (χ1n) is 8.47. The Balaban J connectivity index is 1.60. The van der Waals surface area contributed by atoms with Crippen molar-refractivity contribution in [2.75, 3.05) is 32.8 Å². The van der Waals surface area contributed by atoms with E-state index in [2.05, 4.69) is 5.32 Å². The SMILES string of the molecule is CCOC(=O)C1CN(C(=O)OCc2ccccc2)CCC12CNC2. The third-order valence-corrected chi connectivity index (χ3v) is 5.01. The van der Waals surface area contributed by atoms with E-state index in [-0.39, 0.29) is 30.0 Å². The second-order valence-corrected chi connectivity index (χ2v) is 6.51. The Morgan fingerprint density at radius 3 is 2.62 bits per heavy atom. The van der Waals surface area contributed by atoms with Crippen LogP contribution in [-0.2, 0) is 20.9 Å². The minimum absolute atomic E-state index is 0.0670. The molecule has 2 fully saturated rings. The molecule has 0 saturated carbocycles. The van der Waals surface area contributed by atoms with E-state index in [1.165, 1.54) is 0 Å². The maximum Gasteiger partial charge on any atom is 0.410 e. The molecule has 130 valence electrons. The molecule has 2 heterocycles. The summed E-state index contributed by atoms with van der Waals surface area (Å²) >= 11 is 0. The predicted molar refractivity (Wildman–Crippen MR) is 88.2 cm³/mol. The van der Waals surface area contributed by atoms with Gasteiger partial charge in [-0.15, -0.1) is 0 Å². The molecule has 1 amide bonds. The fraction of sp³-hybridized carbons (Fsp3) is 0.556. The molecule has 1 atom stereocenters. The van der Waals surface area contributed by atoms with Crippen molar-refractivity contribution in [1.82, 2.24) is 10.2 Å². The quantitative estimate of drug-likeness (QED) is 0.852. The minimum Gasteiger partial charge on any atom is -0.466 e. The molecule has 6 heteroatoms. The van der Waals surface area contributed by atoms with Gasteiger partial charge in [0.2, 0.25) is 0 Å². The smallest absolute Gasteiger partial charge is 0.410 e. The highest BCUT2D eigenvalue weighted by Gasteiger charge is 2.52. The number of esters is 1. The fourth-order valence-corrected chi connectivity index (χ4v) is 3.45. The van der Waals surface area contributed by atoms with Crippen LogP contribution in [0.3, 0.4) is 0 Å². The van der Waals surface area contributed by atoms with Gasteiger partial charge in [0.25, 0.3) is 0 Å². The lowest BCUT2D eigenvalue weighted by Gasteiger charge is -2.52. The summed E-state index contributed by atoms with van der Waals surface area (Å²) in [5.41, 5.74) is 0.882. The number of amides is 1. The molecule has 3 rings (SSSR count). The van der Waals surface area contributed by atoms with Gasteiger partial charge in [0.15, 0.2) is 0 Å². The molecule has 1 unspecified atom stereocenters. The van der Waals surface area contributed by atoms with E-state index >= 15 is 0 Å². The molecule has 2 aliphatic rings. The number of benzene rings is 1. The van der Waals surface area contributed by atoms with Crippen molar-refractivity contribution in [3.05, 3.63) is 35.9 Å². The summed E-state index contributed by atoms with van der Waals surface area (Å²) in [5.74, 6) is -0.490. The Bertz CT molecular complexity index is 586. The molecule has 1 N–H and O–H groups in total. The Morgan fingerprint density at radius 1 is 1.25 bits per heavy atom. The first kappa shape index (κ1) is 16.8. The zero-order valence-corrected chi connectivity index (χ0v) is 14.0. The van der Waals surface area contributed by atoms with Gasteiger partial charge in [0, 0.05) is 31.6 Å². The summed E-state index contributed by atoms with van der Waals surface area (Å²) in [4.78, 5) is 26.3. The van der Waals surface area contributed by atoms with Gasteiger partial charge >= 0.3 is 12.1 Å². The lowest BCUT2D eigenvalue weighted by molar-refractivity contribution is -0.159. The third-order valence-electron chi connectivity index (χ3n) is 5.01. The van der Waals surface area contributed by atoms with Crippen molar-refractivity contribution in [3.63, 3.8) is 0 Å². The Morgan fingerprint density at radius 2 is 2.00 bits per heavy atom. The van der Waals surface area contributed by atoms with Crippen molar-refractivity contribution in [2.45, 2.75) is 20.0 Å². The monoisotopic (exact) mass is 332 g/mol. The number of likely N-dealkylation sites (tertiary alicyclic amines) is 1. The maximum atomic E-state index is 12.4. The largest absolute Gasteiger partial charge is 0.466 e. The van der Waals surface area contributed by atoms with E-state index in [0.29, 0.717) is 19.7 Å². The van der Waals surface area contributed by atoms with Gasteiger partial charge in [0.1, 0.15) is 6.61 Å². The molecule has 24 heavy (non-hydrogen) atoms.